The van der Waals surface area contributed by atoms with Gasteiger partial charge in [0, 0.05) is 18.7 Å². The topological polar surface area (TPSA) is 77.0 Å². The van der Waals surface area contributed by atoms with Crippen molar-refractivity contribution >= 4 is 0 Å². The molecule has 1 aromatic carbocycles. The average Bonchev–Trinajstić information content (AvgIpc) is 3.09. The first-order valence-electron chi connectivity index (χ1n) is 6.75. The first-order chi connectivity index (χ1) is 10.2. The van der Waals surface area contributed by atoms with Crippen molar-refractivity contribution in [2.45, 2.75) is 26.0 Å². The fraction of sp³-hybridized carbons (Fsp3) is 0.267. The molecule has 0 saturated heterocycles. The van der Waals surface area contributed by atoms with Crippen LogP contribution >= 0.6 is 0 Å². The number of aryl methyl sites for hydroxylation is 1. The molecule has 0 aliphatic carbocycles. The van der Waals surface area contributed by atoms with Gasteiger partial charge in [-0.3, -0.25) is 0 Å². The second kappa shape index (κ2) is 5.88. The van der Waals surface area contributed by atoms with Crippen molar-refractivity contribution < 1.29 is 9.63 Å². The van der Waals surface area contributed by atoms with E-state index in [1.165, 1.54) is 0 Å². The van der Waals surface area contributed by atoms with Gasteiger partial charge in [-0.1, -0.05) is 40.7 Å². The van der Waals surface area contributed by atoms with Crippen molar-refractivity contribution in [3.8, 4) is 0 Å². The third-order valence-corrected chi connectivity index (χ3v) is 3.17. The fourth-order valence-electron chi connectivity index (χ4n) is 2.16. The van der Waals surface area contributed by atoms with Crippen LogP contribution in [0.3, 0.4) is 0 Å². The monoisotopic (exact) mass is 284 g/mol. The number of benzene rings is 1. The molecule has 0 aliphatic heterocycles. The minimum absolute atomic E-state index is 0.432. The van der Waals surface area contributed by atoms with Gasteiger partial charge in [0.25, 0.3) is 0 Å². The Labute approximate surface area is 122 Å². The molecule has 3 rings (SSSR count). The van der Waals surface area contributed by atoms with E-state index in [9.17, 15) is 5.11 Å². The molecule has 21 heavy (non-hydrogen) atoms. The smallest absolute Gasteiger partial charge is 0.133 e. The molecule has 108 valence electrons. The third kappa shape index (κ3) is 3.35. The van der Waals surface area contributed by atoms with E-state index < -0.39 is 6.10 Å². The predicted molar refractivity (Wildman–Crippen MR) is 75.5 cm³/mol. The Morgan fingerprint density at radius 3 is 2.76 bits per heavy atom. The summed E-state index contributed by atoms with van der Waals surface area (Å²) in [5, 5.41) is 22.2. The van der Waals surface area contributed by atoms with Crippen molar-refractivity contribution in [3.63, 3.8) is 0 Å². The molecular formula is C15H16N4O2. The van der Waals surface area contributed by atoms with Gasteiger partial charge in [0.1, 0.15) is 11.5 Å². The lowest BCUT2D eigenvalue weighted by molar-refractivity contribution is 0.177. The number of nitrogens with zero attached hydrogens (tertiary/aromatic N) is 4. The molecule has 0 spiro atoms. The summed E-state index contributed by atoms with van der Waals surface area (Å²) in [7, 11) is 0. The summed E-state index contributed by atoms with van der Waals surface area (Å²) in [5.41, 5.74) is 2.42. The normalized spacial score (nSPS) is 12.5. The van der Waals surface area contributed by atoms with Gasteiger partial charge < -0.3 is 9.63 Å². The van der Waals surface area contributed by atoms with E-state index in [0.29, 0.717) is 13.0 Å². The molecule has 2 heterocycles. The molecule has 0 amide bonds. The van der Waals surface area contributed by atoms with Crippen molar-refractivity contribution in [1.29, 1.82) is 0 Å². The van der Waals surface area contributed by atoms with Crippen molar-refractivity contribution in [2.24, 2.45) is 0 Å². The zero-order valence-corrected chi connectivity index (χ0v) is 11.7. The van der Waals surface area contributed by atoms with Gasteiger partial charge >= 0.3 is 0 Å². The number of aliphatic hydroxyl groups excluding tert-OH is 1. The molecule has 0 fully saturated rings. The highest BCUT2D eigenvalue weighted by atomic mass is 16.5. The molecule has 6 heteroatoms. The van der Waals surface area contributed by atoms with Crippen LogP contribution in [-0.4, -0.2) is 25.3 Å². The molecule has 0 radical (unpaired) electrons. The maximum atomic E-state index is 10.2. The predicted octanol–water partition coefficient (Wildman–Crippen LogP) is 1.90. The molecule has 0 saturated carbocycles. The van der Waals surface area contributed by atoms with Gasteiger partial charge in [0.2, 0.25) is 0 Å². The van der Waals surface area contributed by atoms with Crippen LogP contribution in [0.2, 0.25) is 0 Å². The van der Waals surface area contributed by atoms with E-state index in [4.69, 9.17) is 4.52 Å². The van der Waals surface area contributed by atoms with Crippen LogP contribution in [0.15, 0.2) is 47.1 Å². The van der Waals surface area contributed by atoms with Crippen LogP contribution in [0.1, 0.15) is 28.8 Å². The SMILES string of the molecule is Cc1cc(Cn2cc(CC(O)c3ccccc3)nn2)no1. The van der Waals surface area contributed by atoms with Crippen LogP contribution in [0.5, 0.6) is 0 Å². The minimum Gasteiger partial charge on any atom is -0.388 e. The van der Waals surface area contributed by atoms with E-state index in [1.54, 1.807) is 4.68 Å². The summed E-state index contributed by atoms with van der Waals surface area (Å²) in [6, 6.07) is 11.4. The maximum Gasteiger partial charge on any atom is 0.133 e. The van der Waals surface area contributed by atoms with E-state index >= 15 is 0 Å². The van der Waals surface area contributed by atoms with Crippen LogP contribution in [0.25, 0.3) is 0 Å². The lowest BCUT2D eigenvalue weighted by Crippen LogP contribution is -2.02. The zero-order valence-electron chi connectivity index (χ0n) is 11.7. The molecule has 2 aromatic heterocycles. The highest BCUT2D eigenvalue weighted by molar-refractivity contribution is 5.18. The second-order valence-corrected chi connectivity index (χ2v) is 4.97. The molecule has 0 bridgehead atoms. The van der Waals surface area contributed by atoms with Gasteiger partial charge in [-0.05, 0) is 12.5 Å². The summed E-state index contributed by atoms with van der Waals surface area (Å²) >= 11 is 0. The van der Waals surface area contributed by atoms with E-state index in [2.05, 4.69) is 15.5 Å². The molecule has 1 N–H and O–H groups in total. The van der Waals surface area contributed by atoms with Gasteiger partial charge in [0.05, 0.1) is 18.3 Å². The van der Waals surface area contributed by atoms with E-state index in [1.807, 2.05) is 49.5 Å². The van der Waals surface area contributed by atoms with Crippen molar-refractivity contribution in [1.82, 2.24) is 20.2 Å². The Morgan fingerprint density at radius 1 is 1.24 bits per heavy atom. The molecule has 0 aliphatic rings. The van der Waals surface area contributed by atoms with Crippen molar-refractivity contribution in [3.05, 3.63) is 65.3 Å². The van der Waals surface area contributed by atoms with Gasteiger partial charge in [-0.25, -0.2) is 4.68 Å². The number of aliphatic hydroxyl groups is 1. The lowest BCUT2D eigenvalue weighted by atomic mass is 10.1. The van der Waals surface area contributed by atoms with Crippen LogP contribution < -0.4 is 0 Å². The fourth-order valence-corrected chi connectivity index (χ4v) is 2.16. The van der Waals surface area contributed by atoms with Crippen LogP contribution in [0, 0.1) is 6.92 Å². The zero-order chi connectivity index (χ0) is 14.7. The summed E-state index contributed by atoms with van der Waals surface area (Å²) in [6.07, 6.45) is 1.67. The number of aromatic nitrogens is 4. The Bertz CT molecular complexity index is 705. The molecule has 6 nitrogen and oxygen atoms in total. The van der Waals surface area contributed by atoms with Gasteiger partial charge in [-0.2, -0.15) is 0 Å². The molecule has 1 atom stereocenters. The highest BCUT2D eigenvalue weighted by Gasteiger charge is 2.11. The minimum atomic E-state index is -0.578. The van der Waals surface area contributed by atoms with Gasteiger partial charge in [-0.15, -0.1) is 5.10 Å². The Hall–Kier alpha value is -2.47. The maximum absolute atomic E-state index is 10.2. The first-order valence-corrected chi connectivity index (χ1v) is 6.75. The molecule has 3 aromatic rings. The van der Waals surface area contributed by atoms with Crippen molar-refractivity contribution in [2.75, 3.05) is 0 Å². The highest BCUT2D eigenvalue weighted by Crippen LogP contribution is 2.16. The summed E-state index contributed by atoms with van der Waals surface area (Å²) < 4.78 is 6.70. The Balaban J connectivity index is 1.65. The number of rotatable bonds is 5. The Kier molecular flexibility index (Phi) is 3.79. The third-order valence-electron chi connectivity index (χ3n) is 3.17. The van der Waals surface area contributed by atoms with Crippen LogP contribution in [-0.2, 0) is 13.0 Å². The largest absolute Gasteiger partial charge is 0.388 e. The quantitative estimate of drug-likeness (QED) is 0.774. The first kappa shape index (κ1) is 13.5. The number of hydrogen-bond acceptors (Lipinski definition) is 5. The summed E-state index contributed by atoms with van der Waals surface area (Å²) in [5.74, 6) is 0.768. The van der Waals surface area contributed by atoms with E-state index in [-0.39, 0.29) is 0 Å². The van der Waals surface area contributed by atoms with E-state index in [0.717, 1.165) is 22.7 Å². The van der Waals surface area contributed by atoms with Crippen LogP contribution in [0.4, 0.5) is 0 Å². The number of hydrogen-bond donors (Lipinski definition) is 1. The summed E-state index contributed by atoms with van der Waals surface area (Å²) in [4.78, 5) is 0. The molecular weight excluding hydrogens is 268 g/mol. The molecule has 1 unspecified atom stereocenters. The summed E-state index contributed by atoms with van der Waals surface area (Å²) in [6.45, 7) is 2.35. The lowest BCUT2D eigenvalue weighted by Gasteiger charge is -2.08. The Morgan fingerprint density at radius 2 is 2.05 bits per heavy atom. The van der Waals surface area contributed by atoms with Gasteiger partial charge in [0.15, 0.2) is 0 Å². The standard InChI is InChI=1S/C15H16N4O2/c1-11-7-14(17-21-11)10-19-9-13(16-18-19)8-15(20)12-5-3-2-4-6-12/h2-7,9,15,20H,8,10H2,1H3. The second-order valence-electron chi connectivity index (χ2n) is 4.97. The average molecular weight is 284 g/mol.